The topological polar surface area (TPSA) is 38.3 Å². The maximum absolute atomic E-state index is 9.91. The predicted octanol–water partition coefficient (Wildman–Crippen LogP) is 6.14. The van der Waals surface area contributed by atoms with Crippen molar-refractivity contribution in [3.05, 3.63) is 0 Å². The Morgan fingerprint density at radius 2 is 0.690 bits per heavy atom. The lowest BCUT2D eigenvalue weighted by Crippen LogP contribution is -3.00. The molecule has 258 valence electrons. The molecule has 0 bridgehead atoms. The number of unbranched alkanes of at least 4 members (excludes halogenated alkanes) is 8. The van der Waals surface area contributed by atoms with E-state index in [0.29, 0.717) is 13.2 Å². The molecular weight excluding hydrogens is 599 g/mol. The lowest BCUT2D eigenvalue weighted by Gasteiger charge is -2.28. The molecular formula is C35H77Cl2NO2P2. The Kier molecular flexibility index (Phi) is 42.7. The number of amides is 1. The molecule has 0 aliphatic carbocycles. The highest BCUT2D eigenvalue weighted by molar-refractivity contribution is 7.76. The highest BCUT2D eigenvalue weighted by Gasteiger charge is 2.35. The molecule has 1 heterocycles. The molecule has 0 radical (unpaired) electrons. The van der Waals surface area contributed by atoms with Crippen LogP contribution in [0.4, 0.5) is 4.79 Å². The number of hydrogen-bond donors (Lipinski definition) is 1. The largest absolute Gasteiger partial charge is 1.00 e. The minimum Gasteiger partial charge on any atom is -1.00 e. The van der Waals surface area contributed by atoms with E-state index in [4.69, 9.17) is 0 Å². The third-order valence-corrected chi connectivity index (χ3v) is 18.6. The zero-order chi connectivity index (χ0) is 30.4. The molecule has 1 saturated heterocycles. The van der Waals surface area contributed by atoms with Gasteiger partial charge in [0.05, 0.1) is 55.8 Å². The van der Waals surface area contributed by atoms with Gasteiger partial charge in [0.1, 0.15) is 6.61 Å². The van der Waals surface area contributed by atoms with Gasteiger partial charge in [0.25, 0.3) is 0 Å². The fraction of sp³-hybridized carbons (Fsp3) is 0.971. The van der Waals surface area contributed by atoms with Crippen molar-refractivity contribution < 1.29 is 34.3 Å². The molecule has 3 nitrogen and oxygen atoms in total. The average Bonchev–Trinajstić information content (AvgIpc) is 3.47. The summed E-state index contributed by atoms with van der Waals surface area (Å²) < 4.78 is 4.40. The molecule has 1 rings (SSSR count). The van der Waals surface area contributed by atoms with E-state index < -0.39 is 14.5 Å². The summed E-state index contributed by atoms with van der Waals surface area (Å²) in [5, 5.41) is 2.46. The number of halogens is 2. The quantitative estimate of drug-likeness (QED) is 0.125. The van der Waals surface area contributed by atoms with Crippen LogP contribution < -0.4 is 30.1 Å². The first-order valence-corrected chi connectivity index (χ1v) is 23.0. The Morgan fingerprint density at radius 1 is 0.476 bits per heavy atom. The normalized spacial score (nSPS) is 12.5. The summed E-state index contributed by atoms with van der Waals surface area (Å²) >= 11 is 0. The summed E-state index contributed by atoms with van der Waals surface area (Å²) in [5.41, 5.74) is 0. The molecule has 42 heavy (non-hydrogen) atoms. The zero-order valence-electron chi connectivity index (χ0n) is 29.9. The Balaban J connectivity index is -0.000000275. The van der Waals surface area contributed by atoms with Gasteiger partial charge in [-0.25, -0.2) is 4.79 Å². The third-order valence-electron chi connectivity index (χ3n) is 8.49. The molecule has 1 aliphatic heterocycles. The van der Waals surface area contributed by atoms with Crippen LogP contribution in [0.3, 0.4) is 0 Å². The Hall–Kier alpha value is 0.710. The lowest BCUT2D eigenvalue weighted by atomic mass is 10.4. The molecule has 0 aromatic carbocycles. The second kappa shape index (κ2) is 36.2. The number of alkyl carbamates (subject to hydrolysis) is 1. The molecule has 1 amide bonds. The van der Waals surface area contributed by atoms with Crippen molar-refractivity contribution in [1.29, 1.82) is 0 Å². The second-order valence-electron chi connectivity index (χ2n) is 12.4. The molecule has 0 saturated carbocycles. The van der Waals surface area contributed by atoms with Crippen LogP contribution in [0.2, 0.25) is 0 Å². The SMILES string of the molecule is CCCC[P+](CCCC)(CCCC)CCCC.CCCC[P+](CCCC)(CCCC)CCCC.O=C1NCCO1.[Cl-].[Cl-]. The smallest absolute Gasteiger partial charge is 0.407 e. The molecule has 1 aliphatic rings. The maximum atomic E-state index is 9.91. The third kappa shape index (κ3) is 28.2. The standard InChI is InChI=1S/2C16H36P.C3H5NO2.2ClH/c2*1-5-9-13-17(14-10-6-2,15-11-7-3)16-12-8-4;5-3-4-1-2-6-3;;/h2*5-16H2,1-4H3;1-2H2,(H,4,5);2*1H/q2*+1;;;/p-2. The van der Waals surface area contributed by atoms with Crippen molar-refractivity contribution in [2.45, 2.75) is 158 Å². The monoisotopic (exact) mass is 675 g/mol. The van der Waals surface area contributed by atoms with Crippen LogP contribution in [-0.2, 0) is 4.74 Å². The summed E-state index contributed by atoms with van der Waals surface area (Å²) in [4.78, 5) is 9.91. The fourth-order valence-electron chi connectivity index (χ4n) is 5.64. The van der Waals surface area contributed by atoms with Gasteiger partial charge in [-0.1, -0.05) is 107 Å². The minimum atomic E-state index is -0.562. The van der Waals surface area contributed by atoms with E-state index in [1.54, 1.807) is 49.3 Å². The van der Waals surface area contributed by atoms with E-state index in [-0.39, 0.29) is 30.9 Å². The van der Waals surface area contributed by atoms with E-state index in [0.717, 1.165) is 0 Å². The zero-order valence-corrected chi connectivity index (χ0v) is 33.2. The van der Waals surface area contributed by atoms with Crippen LogP contribution in [0.25, 0.3) is 0 Å². The van der Waals surface area contributed by atoms with Crippen LogP contribution in [-0.4, -0.2) is 68.5 Å². The molecule has 1 fully saturated rings. The Morgan fingerprint density at radius 3 is 0.786 bits per heavy atom. The van der Waals surface area contributed by atoms with E-state index in [9.17, 15) is 4.79 Å². The van der Waals surface area contributed by atoms with Gasteiger partial charge in [-0.3, -0.25) is 0 Å². The van der Waals surface area contributed by atoms with Crippen LogP contribution in [0, 0.1) is 0 Å². The number of hydrogen-bond acceptors (Lipinski definition) is 2. The molecule has 1 N–H and O–H groups in total. The second-order valence-corrected chi connectivity index (χ2v) is 21.3. The van der Waals surface area contributed by atoms with Gasteiger partial charge < -0.3 is 34.9 Å². The van der Waals surface area contributed by atoms with Crippen LogP contribution in [0.15, 0.2) is 0 Å². The number of carbonyl (C=O) groups is 1. The number of ether oxygens (including phenoxy) is 1. The van der Waals surface area contributed by atoms with E-state index in [2.05, 4.69) is 65.4 Å². The van der Waals surface area contributed by atoms with Gasteiger partial charge in [-0.15, -0.1) is 0 Å². The number of cyclic esters (lactones) is 1. The lowest BCUT2D eigenvalue weighted by molar-refractivity contribution is -0.00100. The summed E-state index contributed by atoms with van der Waals surface area (Å²) in [7, 11) is -1.12. The van der Waals surface area contributed by atoms with Crippen molar-refractivity contribution in [3.8, 4) is 0 Å². The van der Waals surface area contributed by atoms with Gasteiger partial charge in [-0.05, 0) is 51.4 Å². The fourth-order valence-corrected chi connectivity index (χ4v) is 16.2. The van der Waals surface area contributed by atoms with Crippen molar-refractivity contribution in [3.63, 3.8) is 0 Å². The van der Waals surface area contributed by atoms with E-state index in [1.165, 1.54) is 103 Å². The van der Waals surface area contributed by atoms with Crippen molar-refractivity contribution in [2.24, 2.45) is 0 Å². The highest BCUT2D eigenvalue weighted by atomic mass is 35.5. The maximum Gasteiger partial charge on any atom is 0.407 e. The Bertz CT molecular complexity index is 422. The van der Waals surface area contributed by atoms with Gasteiger partial charge in [-0.2, -0.15) is 0 Å². The van der Waals surface area contributed by atoms with Gasteiger partial charge in [0.2, 0.25) is 0 Å². The first kappa shape index (κ1) is 49.6. The predicted molar refractivity (Wildman–Crippen MR) is 191 cm³/mol. The van der Waals surface area contributed by atoms with Gasteiger partial charge in [0.15, 0.2) is 0 Å². The first-order valence-electron chi connectivity index (χ1n) is 18.0. The Labute approximate surface area is 279 Å². The van der Waals surface area contributed by atoms with Gasteiger partial charge in [0, 0.05) is 14.5 Å². The van der Waals surface area contributed by atoms with E-state index in [1.807, 2.05) is 0 Å². The number of carbonyl (C=O) groups excluding carboxylic acids is 1. The van der Waals surface area contributed by atoms with Crippen LogP contribution in [0.5, 0.6) is 0 Å². The van der Waals surface area contributed by atoms with Crippen LogP contribution >= 0.6 is 14.5 Å². The molecule has 0 spiro atoms. The summed E-state index contributed by atoms with van der Waals surface area (Å²) in [6.45, 7) is 20.0. The van der Waals surface area contributed by atoms with Crippen molar-refractivity contribution in [2.75, 3.05) is 62.4 Å². The minimum absolute atomic E-state index is 0. The molecule has 0 unspecified atom stereocenters. The number of nitrogens with one attached hydrogen (secondary N) is 1. The summed E-state index contributed by atoms with van der Waals surface area (Å²) in [6, 6.07) is 0. The van der Waals surface area contributed by atoms with Crippen molar-refractivity contribution >= 4 is 20.6 Å². The average molecular weight is 677 g/mol. The first-order chi connectivity index (χ1) is 19.4. The highest BCUT2D eigenvalue weighted by Crippen LogP contribution is 2.62. The number of rotatable bonds is 24. The van der Waals surface area contributed by atoms with Crippen molar-refractivity contribution in [1.82, 2.24) is 5.32 Å². The van der Waals surface area contributed by atoms with Gasteiger partial charge >= 0.3 is 6.09 Å². The molecule has 0 aromatic heterocycles. The summed E-state index contributed by atoms with van der Waals surface area (Å²) in [6.07, 6.45) is 35.6. The van der Waals surface area contributed by atoms with E-state index >= 15 is 0 Å². The molecule has 0 atom stereocenters. The molecule has 0 aromatic rings. The summed E-state index contributed by atoms with van der Waals surface area (Å²) in [5.74, 6) is 0. The van der Waals surface area contributed by atoms with Crippen LogP contribution in [0.1, 0.15) is 158 Å². The molecule has 7 heteroatoms.